The number of nitrogens with zero attached hydrogens (tertiary/aromatic N) is 3. The molecular formula is C23H23N3O4S. The third kappa shape index (κ3) is 5.01. The summed E-state index contributed by atoms with van der Waals surface area (Å²) in [6, 6.07) is 5.94. The highest BCUT2D eigenvalue weighted by molar-refractivity contribution is 7.12. The first-order chi connectivity index (χ1) is 15.0. The Labute approximate surface area is 184 Å². The zero-order valence-corrected chi connectivity index (χ0v) is 17.8. The second kappa shape index (κ2) is 9.41. The highest BCUT2D eigenvalue weighted by Gasteiger charge is 2.31. The number of nitriles is 1. The minimum atomic E-state index is -0.478. The second-order valence-electron chi connectivity index (χ2n) is 7.81. The molecule has 0 aromatic carbocycles. The maximum Gasteiger partial charge on any atom is 0.410 e. The average Bonchev–Trinajstić information content (AvgIpc) is 3.35. The molecule has 31 heavy (non-hydrogen) atoms. The van der Waals surface area contributed by atoms with Gasteiger partial charge in [-0.2, -0.15) is 5.26 Å². The van der Waals surface area contributed by atoms with Crippen LogP contribution in [-0.2, 0) is 28.8 Å². The zero-order valence-electron chi connectivity index (χ0n) is 17.0. The Hall–Kier alpha value is -3.02. The lowest BCUT2D eigenvalue weighted by Crippen LogP contribution is -2.35. The Bertz CT molecular complexity index is 1040. The van der Waals surface area contributed by atoms with Gasteiger partial charge in [-0.25, -0.2) is 4.79 Å². The number of β-amino-alcohol motifs (C(OH)–C–C–N with tert-alkyl or cyclic N) is 1. The van der Waals surface area contributed by atoms with Crippen molar-refractivity contribution in [3.05, 3.63) is 57.0 Å². The maximum atomic E-state index is 12.4. The summed E-state index contributed by atoms with van der Waals surface area (Å²) in [4.78, 5) is 32.1. The number of aromatic nitrogens is 1. The van der Waals surface area contributed by atoms with Gasteiger partial charge in [0, 0.05) is 48.1 Å². The largest absolute Gasteiger partial charge is 0.446 e. The molecule has 0 spiro atoms. The molecule has 1 aliphatic heterocycles. The van der Waals surface area contributed by atoms with Crippen LogP contribution >= 0.6 is 11.3 Å². The van der Waals surface area contributed by atoms with Crippen molar-refractivity contribution in [3.63, 3.8) is 0 Å². The van der Waals surface area contributed by atoms with E-state index in [9.17, 15) is 20.0 Å². The summed E-state index contributed by atoms with van der Waals surface area (Å²) in [7, 11) is 0. The lowest BCUT2D eigenvalue weighted by Gasteiger charge is -2.25. The topological polar surface area (TPSA) is 104 Å². The van der Waals surface area contributed by atoms with Gasteiger partial charge in [0.2, 0.25) is 0 Å². The normalized spacial score (nSPS) is 20.5. The van der Waals surface area contributed by atoms with E-state index >= 15 is 0 Å². The molecule has 2 atom stereocenters. The van der Waals surface area contributed by atoms with Crippen molar-refractivity contribution in [1.29, 1.82) is 5.26 Å². The van der Waals surface area contributed by atoms with Crippen LogP contribution in [0.15, 0.2) is 30.6 Å². The van der Waals surface area contributed by atoms with Gasteiger partial charge >= 0.3 is 6.09 Å². The van der Waals surface area contributed by atoms with Crippen LogP contribution in [0.4, 0.5) is 4.79 Å². The van der Waals surface area contributed by atoms with Gasteiger partial charge in [0.1, 0.15) is 12.2 Å². The molecule has 1 amide bonds. The molecule has 0 saturated carbocycles. The summed E-state index contributed by atoms with van der Waals surface area (Å²) in [6.07, 6.45) is 8.07. The monoisotopic (exact) mass is 437 g/mol. The zero-order chi connectivity index (χ0) is 21.8. The number of allylic oxidation sites excluding steroid dienone is 1. The molecule has 8 heteroatoms. The minimum absolute atomic E-state index is 0.0745. The number of aliphatic hydroxyl groups is 1. The smallest absolute Gasteiger partial charge is 0.410 e. The van der Waals surface area contributed by atoms with Crippen LogP contribution in [0, 0.1) is 11.3 Å². The number of ketones is 1. The minimum Gasteiger partial charge on any atom is -0.446 e. The first-order valence-electron chi connectivity index (χ1n) is 10.3. The molecular weight excluding hydrogens is 414 g/mol. The number of hydrogen-bond donors (Lipinski definition) is 1. The highest BCUT2D eigenvalue weighted by Crippen LogP contribution is 2.35. The Morgan fingerprint density at radius 3 is 3.00 bits per heavy atom. The first-order valence-corrected chi connectivity index (χ1v) is 11.1. The van der Waals surface area contributed by atoms with Gasteiger partial charge < -0.3 is 14.7 Å². The van der Waals surface area contributed by atoms with Crippen molar-refractivity contribution in [2.24, 2.45) is 0 Å². The summed E-state index contributed by atoms with van der Waals surface area (Å²) in [5.74, 6) is -0.0745. The number of aliphatic hydroxyl groups excluding tert-OH is 1. The molecule has 2 aromatic heterocycles. The van der Waals surface area contributed by atoms with Crippen molar-refractivity contribution in [2.75, 3.05) is 13.1 Å². The van der Waals surface area contributed by atoms with Gasteiger partial charge in [-0.1, -0.05) is 6.07 Å². The molecule has 3 heterocycles. The van der Waals surface area contributed by atoms with Crippen molar-refractivity contribution in [1.82, 2.24) is 9.88 Å². The second-order valence-corrected chi connectivity index (χ2v) is 9.00. The van der Waals surface area contributed by atoms with Crippen LogP contribution in [0.5, 0.6) is 0 Å². The SMILES string of the molecule is N#Cc1c(CC(=O)/C=C/c2cccnc2)sc2c1CCC(OC(=O)N1CC[C@@H](O)C1)C2. The summed E-state index contributed by atoms with van der Waals surface area (Å²) >= 11 is 1.47. The van der Waals surface area contributed by atoms with Crippen LogP contribution in [0.1, 0.15) is 39.3 Å². The number of rotatable bonds is 5. The molecule has 2 aromatic rings. The number of carbonyl (C=O) groups excluding carboxylic acids is 2. The van der Waals surface area contributed by atoms with Crippen molar-refractivity contribution >= 4 is 29.3 Å². The van der Waals surface area contributed by atoms with E-state index in [0.29, 0.717) is 44.3 Å². The van der Waals surface area contributed by atoms with E-state index in [1.165, 1.54) is 22.3 Å². The molecule has 0 bridgehead atoms. The summed E-state index contributed by atoms with van der Waals surface area (Å²) in [6.45, 7) is 0.821. The summed E-state index contributed by atoms with van der Waals surface area (Å²) in [5, 5.41) is 19.3. The van der Waals surface area contributed by atoms with E-state index in [0.717, 1.165) is 20.9 Å². The molecule has 160 valence electrons. The number of hydrogen-bond acceptors (Lipinski definition) is 7. The fraction of sp³-hybridized carbons (Fsp3) is 0.391. The molecule has 7 nitrogen and oxygen atoms in total. The van der Waals surface area contributed by atoms with E-state index in [2.05, 4.69) is 11.1 Å². The molecule has 1 aliphatic carbocycles. The van der Waals surface area contributed by atoms with Crippen LogP contribution < -0.4 is 0 Å². The molecule has 1 unspecified atom stereocenters. The van der Waals surface area contributed by atoms with Gasteiger partial charge in [0.15, 0.2) is 5.78 Å². The van der Waals surface area contributed by atoms with E-state index < -0.39 is 12.2 Å². The maximum absolute atomic E-state index is 12.4. The predicted molar refractivity (Wildman–Crippen MR) is 116 cm³/mol. The van der Waals surface area contributed by atoms with Crippen LogP contribution in [0.25, 0.3) is 6.08 Å². The number of likely N-dealkylation sites (tertiary alicyclic amines) is 1. The molecule has 2 aliphatic rings. The number of ether oxygens (including phenoxy) is 1. The average molecular weight is 438 g/mol. The van der Waals surface area contributed by atoms with Crippen molar-refractivity contribution < 1.29 is 19.4 Å². The Kier molecular flexibility index (Phi) is 6.44. The van der Waals surface area contributed by atoms with Crippen LogP contribution in [-0.4, -0.2) is 52.2 Å². The highest BCUT2D eigenvalue weighted by atomic mass is 32.1. The number of thiophene rings is 1. The van der Waals surface area contributed by atoms with Crippen LogP contribution in [0.2, 0.25) is 0 Å². The van der Waals surface area contributed by atoms with Gasteiger partial charge in [-0.15, -0.1) is 11.3 Å². The molecule has 1 fully saturated rings. The lowest BCUT2D eigenvalue weighted by atomic mass is 9.92. The van der Waals surface area contributed by atoms with Gasteiger partial charge in [0.05, 0.1) is 11.7 Å². The fourth-order valence-corrected chi connectivity index (χ4v) is 5.35. The molecule has 4 rings (SSSR count). The van der Waals surface area contributed by atoms with Gasteiger partial charge in [0.25, 0.3) is 0 Å². The molecule has 1 saturated heterocycles. The van der Waals surface area contributed by atoms with E-state index in [4.69, 9.17) is 4.74 Å². The Morgan fingerprint density at radius 1 is 1.42 bits per heavy atom. The quantitative estimate of drug-likeness (QED) is 0.722. The number of amides is 1. The van der Waals surface area contributed by atoms with Crippen molar-refractivity contribution in [2.45, 2.75) is 44.3 Å². The Morgan fingerprint density at radius 2 is 2.29 bits per heavy atom. The van der Waals surface area contributed by atoms with Gasteiger partial charge in [-0.3, -0.25) is 9.78 Å². The third-order valence-corrected chi connectivity index (χ3v) is 6.83. The first kappa shape index (κ1) is 21.2. The molecule has 1 N–H and O–H groups in total. The third-order valence-electron chi connectivity index (χ3n) is 5.57. The van der Waals surface area contributed by atoms with E-state index in [1.807, 2.05) is 6.07 Å². The number of fused-ring (bicyclic) bond motifs is 1. The van der Waals surface area contributed by atoms with Gasteiger partial charge in [-0.05, 0) is 48.6 Å². The standard InChI is InChI=1S/C23H23N3O4S/c24-12-20-19-6-5-18(30-23(29)26-9-7-17(28)14-26)11-22(19)31-21(20)10-16(27)4-3-15-2-1-8-25-13-15/h1-4,8,13,17-18,28H,5-7,9-11,14H2/b4-3+/t17-,18?/m1/s1. The summed E-state index contributed by atoms with van der Waals surface area (Å²) in [5.41, 5.74) is 2.42. The van der Waals surface area contributed by atoms with Crippen molar-refractivity contribution in [3.8, 4) is 6.07 Å². The summed E-state index contributed by atoms with van der Waals surface area (Å²) < 4.78 is 5.65. The van der Waals surface area contributed by atoms with Crippen LogP contribution in [0.3, 0.4) is 0 Å². The lowest BCUT2D eigenvalue weighted by molar-refractivity contribution is -0.113. The fourth-order valence-electron chi connectivity index (χ4n) is 3.97. The number of carbonyl (C=O) groups is 2. The Balaban J connectivity index is 1.41. The van der Waals surface area contributed by atoms with E-state index in [1.54, 1.807) is 24.5 Å². The predicted octanol–water partition coefficient (Wildman–Crippen LogP) is 2.90. The molecule has 0 radical (unpaired) electrons. The number of pyridine rings is 1. The van der Waals surface area contributed by atoms with E-state index in [-0.39, 0.29) is 18.3 Å².